The Labute approximate surface area is 134 Å². The van der Waals surface area contributed by atoms with Gasteiger partial charge in [-0.25, -0.2) is 4.68 Å². The van der Waals surface area contributed by atoms with Crippen LogP contribution in [0.4, 0.5) is 13.2 Å². The molecule has 3 rings (SSSR count). The number of hydrogen-bond donors (Lipinski definition) is 0. The van der Waals surface area contributed by atoms with Gasteiger partial charge in [0.05, 0.1) is 17.6 Å². The zero-order valence-electron chi connectivity index (χ0n) is 11.6. The molecule has 3 nitrogen and oxygen atoms in total. The molecule has 0 fully saturated rings. The maximum absolute atomic E-state index is 12.6. The maximum atomic E-state index is 12.6. The molecule has 0 atom stereocenters. The molecule has 0 N–H and O–H groups in total. The van der Waals surface area contributed by atoms with Crippen LogP contribution in [-0.2, 0) is 0 Å². The Morgan fingerprint density at radius 3 is 2.52 bits per heavy atom. The van der Waals surface area contributed by atoms with E-state index in [0.717, 1.165) is 0 Å². The van der Waals surface area contributed by atoms with Crippen LogP contribution in [0.3, 0.4) is 0 Å². The highest BCUT2D eigenvalue weighted by molar-refractivity contribution is 6.30. The van der Waals surface area contributed by atoms with Crippen molar-refractivity contribution in [1.82, 2.24) is 9.78 Å². The Morgan fingerprint density at radius 2 is 1.78 bits per heavy atom. The third-order valence-corrected chi connectivity index (χ3v) is 3.32. The van der Waals surface area contributed by atoms with Crippen molar-refractivity contribution >= 4 is 11.6 Å². The number of rotatable bonds is 3. The van der Waals surface area contributed by atoms with Gasteiger partial charge in [-0.05, 0) is 36.4 Å². The minimum absolute atomic E-state index is 0.280. The SMILES string of the molecule is FC(F)(F)Oc1ccccc1-c1ccnn1-c1cccc(Cl)c1. The normalized spacial score (nSPS) is 11.5. The Hall–Kier alpha value is -2.47. The van der Waals surface area contributed by atoms with E-state index in [1.165, 1.54) is 23.0 Å². The largest absolute Gasteiger partial charge is 0.573 e. The van der Waals surface area contributed by atoms with Crippen molar-refractivity contribution in [2.75, 3.05) is 0 Å². The van der Waals surface area contributed by atoms with Gasteiger partial charge < -0.3 is 4.74 Å². The van der Waals surface area contributed by atoms with Crippen molar-refractivity contribution in [3.63, 3.8) is 0 Å². The third kappa shape index (κ3) is 3.48. The molecule has 1 aromatic heterocycles. The van der Waals surface area contributed by atoms with Crippen LogP contribution in [0, 0.1) is 0 Å². The Kier molecular flexibility index (Phi) is 4.00. The van der Waals surface area contributed by atoms with Crippen molar-refractivity contribution in [2.24, 2.45) is 0 Å². The zero-order valence-corrected chi connectivity index (χ0v) is 12.3. The van der Waals surface area contributed by atoms with Crippen LogP contribution in [0.5, 0.6) is 5.75 Å². The molecule has 0 aliphatic carbocycles. The van der Waals surface area contributed by atoms with Gasteiger partial charge in [-0.1, -0.05) is 29.8 Å². The lowest BCUT2D eigenvalue weighted by Gasteiger charge is -2.14. The molecule has 118 valence electrons. The summed E-state index contributed by atoms with van der Waals surface area (Å²) in [7, 11) is 0. The van der Waals surface area contributed by atoms with Crippen molar-refractivity contribution in [1.29, 1.82) is 0 Å². The molecular weight excluding hydrogens is 329 g/mol. The van der Waals surface area contributed by atoms with E-state index in [2.05, 4.69) is 9.84 Å². The van der Waals surface area contributed by atoms with E-state index in [1.54, 1.807) is 42.5 Å². The molecule has 0 saturated heterocycles. The lowest BCUT2D eigenvalue weighted by atomic mass is 10.1. The number of ether oxygens (including phenoxy) is 1. The van der Waals surface area contributed by atoms with Gasteiger partial charge in [0.25, 0.3) is 0 Å². The quantitative estimate of drug-likeness (QED) is 0.665. The minimum Gasteiger partial charge on any atom is -0.405 e. The molecule has 3 aromatic rings. The molecule has 0 spiro atoms. The lowest BCUT2D eigenvalue weighted by molar-refractivity contribution is -0.274. The zero-order chi connectivity index (χ0) is 16.4. The summed E-state index contributed by atoms with van der Waals surface area (Å²) < 4.78 is 43.3. The fourth-order valence-electron chi connectivity index (χ4n) is 2.21. The van der Waals surface area contributed by atoms with E-state index in [-0.39, 0.29) is 11.3 Å². The summed E-state index contributed by atoms with van der Waals surface area (Å²) >= 11 is 5.96. The Balaban J connectivity index is 2.10. The average Bonchev–Trinajstić information content (AvgIpc) is 2.95. The highest BCUT2D eigenvalue weighted by Gasteiger charge is 2.32. The molecule has 7 heteroatoms. The average molecular weight is 339 g/mol. The molecule has 0 amide bonds. The fourth-order valence-corrected chi connectivity index (χ4v) is 2.40. The summed E-state index contributed by atoms with van der Waals surface area (Å²) in [5.74, 6) is -0.288. The summed E-state index contributed by atoms with van der Waals surface area (Å²) in [5, 5.41) is 4.67. The van der Waals surface area contributed by atoms with E-state index in [4.69, 9.17) is 11.6 Å². The first-order valence-electron chi connectivity index (χ1n) is 6.59. The smallest absolute Gasteiger partial charge is 0.405 e. The molecule has 0 aliphatic heterocycles. The van der Waals surface area contributed by atoms with Gasteiger partial charge in [-0.2, -0.15) is 5.10 Å². The summed E-state index contributed by atoms with van der Waals surface area (Å²) in [6, 6.07) is 14.4. The second-order valence-corrected chi connectivity index (χ2v) is 5.09. The molecule has 0 aliphatic rings. The van der Waals surface area contributed by atoms with Gasteiger partial charge in [-0.3, -0.25) is 0 Å². The van der Waals surface area contributed by atoms with Crippen LogP contribution in [-0.4, -0.2) is 16.1 Å². The number of aromatic nitrogens is 2. The number of para-hydroxylation sites is 1. The second-order valence-electron chi connectivity index (χ2n) is 4.65. The first-order valence-corrected chi connectivity index (χ1v) is 6.97. The minimum atomic E-state index is -4.77. The molecule has 0 saturated carbocycles. The van der Waals surface area contributed by atoms with Crippen molar-refractivity contribution < 1.29 is 17.9 Å². The third-order valence-electron chi connectivity index (χ3n) is 3.08. The molecule has 0 bridgehead atoms. The number of alkyl halides is 3. The fraction of sp³-hybridized carbons (Fsp3) is 0.0625. The van der Waals surface area contributed by atoms with E-state index in [9.17, 15) is 13.2 Å². The van der Waals surface area contributed by atoms with Crippen molar-refractivity contribution in [3.05, 3.63) is 65.8 Å². The first-order chi connectivity index (χ1) is 10.9. The molecule has 2 aromatic carbocycles. The monoisotopic (exact) mass is 338 g/mol. The van der Waals surface area contributed by atoms with Crippen LogP contribution < -0.4 is 4.74 Å². The van der Waals surface area contributed by atoms with Crippen LogP contribution in [0.15, 0.2) is 60.8 Å². The predicted molar refractivity (Wildman–Crippen MR) is 80.7 cm³/mol. The molecular formula is C16H10ClF3N2O. The van der Waals surface area contributed by atoms with E-state index in [1.807, 2.05) is 0 Å². The summed E-state index contributed by atoms with van der Waals surface area (Å²) in [5.41, 5.74) is 1.38. The molecule has 1 heterocycles. The summed E-state index contributed by atoms with van der Waals surface area (Å²) in [4.78, 5) is 0. The standard InChI is InChI=1S/C16H10ClF3N2O/c17-11-4-3-5-12(10-11)22-14(8-9-21-22)13-6-1-2-7-15(13)23-16(18,19)20/h1-10H. The lowest BCUT2D eigenvalue weighted by Crippen LogP contribution is -2.17. The van der Waals surface area contributed by atoms with Gasteiger partial charge in [0.2, 0.25) is 0 Å². The molecule has 23 heavy (non-hydrogen) atoms. The van der Waals surface area contributed by atoms with Crippen LogP contribution in [0.25, 0.3) is 16.9 Å². The van der Waals surface area contributed by atoms with Crippen LogP contribution >= 0.6 is 11.6 Å². The predicted octanol–water partition coefficient (Wildman–Crippen LogP) is 5.09. The van der Waals surface area contributed by atoms with E-state index in [0.29, 0.717) is 16.4 Å². The highest BCUT2D eigenvalue weighted by Crippen LogP contribution is 2.34. The highest BCUT2D eigenvalue weighted by atomic mass is 35.5. The number of hydrogen-bond acceptors (Lipinski definition) is 2. The van der Waals surface area contributed by atoms with Crippen molar-refractivity contribution in [2.45, 2.75) is 6.36 Å². The van der Waals surface area contributed by atoms with Crippen LogP contribution in [0.2, 0.25) is 5.02 Å². The molecule has 0 unspecified atom stereocenters. The van der Waals surface area contributed by atoms with Crippen molar-refractivity contribution in [3.8, 4) is 22.7 Å². The summed E-state index contributed by atoms with van der Waals surface area (Å²) in [6.45, 7) is 0. The van der Waals surface area contributed by atoms with Gasteiger partial charge in [0.15, 0.2) is 0 Å². The van der Waals surface area contributed by atoms with E-state index >= 15 is 0 Å². The van der Waals surface area contributed by atoms with Gasteiger partial charge in [-0.15, -0.1) is 13.2 Å². The summed E-state index contributed by atoms with van der Waals surface area (Å²) in [6.07, 6.45) is -3.27. The molecule has 0 radical (unpaired) electrons. The van der Waals surface area contributed by atoms with Gasteiger partial charge in [0, 0.05) is 10.6 Å². The number of nitrogens with zero attached hydrogens (tertiary/aromatic N) is 2. The second kappa shape index (κ2) is 5.96. The maximum Gasteiger partial charge on any atom is 0.573 e. The number of halogens is 4. The van der Waals surface area contributed by atoms with E-state index < -0.39 is 6.36 Å². The Bertz CT molecular complexity index is 830. The van der Waals surface area contributed by atoms with Gasteiger partial charge in [0.1, 0.15) is 5.75 Å². The topological polar surface area (TPSA) is 27.1 Å². The first kappa shape index (κ1) is 15.4. The number of benzene rings is 2. The Morgan fingerprint density at radius 1 is 1.00 bits per heavy atom. The van der Waals surface area contributed by atoms with Gasteiger partial charge >= 0.3 is 6.36 Å². The van der Waals surface area contributed by atoms with Crippen LogP contribution in [0.1, 0.15) is 0 Å².